The molecule has 0 bridgehead atoms. The lowest BCUT2D eigenvalue weighted by Crippen LogP contribution is -2.23. The molecule has 0 amide bonds. The van der Waals surface area contributed by atoms with Crippen LogP contribution in [0.1, 0.15) is 29.8 Å². The molecule has 0 aliphatic heterocycles. The summed E-state index contributed by atoms with van der Waals surface area (Å²) in [6.07, 6.45) is 4.15. The van der Waals surface area contributed by atoms with E-state index >= 15 is 0 Å². The van der Waals surface area contributed by atoms with Crippen LogP contribution in [0.2, 0.25) is 0 Å². The largest absolute Gasteiger partial charge is 0.310 e. The van der Waals surface area contributed by atoms with Crippen LogP contribution in [0.15, 0.2) is 36.0 Å². The molecule has 2 aromatic rings. The quantitative estimate of drug-likeness (QED) is 0.775. The highest BCUT2D eigenvalue weighted by molar-refractivity contribution is 14.1. The van der Waals surface area contributed by atoms with Gasteiger partial charge in [0.1, 0.15) is 0 Å². The van der Waals surface area contributed by atoms with Gasteiger partial charge in [0.25, 0.3) is 0 Å². The van der Waals surface area contributed by atoms with Gasteiger partial charge >= 0.3 is 0 Å². The van der Waals surface area contributed by atoms with Crippen molar-refractivity contribution in [2.24, 2.45) is 0 Å². The van der Waals surface area contributed by atoms with E-state index in [4.69, 9.17) is 0 Å². The SMILES string of the molecule is CCCNC(Cc1cncs1)c1ccc(I)cc1. The molecule has 18 heavy (non-hydrogen) atoms. The number of rotatable bonds is 6. The van der Waals surface area contributed by atoms with Crippen LogP contribution in [0.25, 0.3) is 0 Å². The van der Waals surface area contributed by atoms with E-state index in [9.17, 15) is 0 Å². The van der Waals surface area contributed by atoms with Gasteiger partial charge in [-0.3, -0.25) is 4.98 Å². The van der Waals surface area contributed by atoms with Crippen LogP contribution in [0.5, 0.6) is 0 Å². The lowest BCUT2D eigenvalue weighted by molar-refractivity contribution is 0.532. The van der Waals surface area contributed by atoms with Gasteiger partial charge in [0.05, 0.1) is 5.51 Å². The fourth-order valence-corrected chi connectivity index (χ4v) is 2.87. The first-order valence-corrected chi connectivity index (χ1v) is 8.11. The van der Waals surface area contributed by atoms with Crippen molar-refractivity contribution in [3.8, 4) is 0 Å². The van der Waals surface area contributed by atoms with Gasteiger partial charge in [0.2, 0.25) is 0 Å². The Morgan fingerprint density at radius 2 is 2.11 bits per heavy atom. The number of hydrogen-bond acceptors (Lipinski definition) is 3. The lowest BCUT2D eigenvalue weighted by atomic mass is 10.0. The van der Waals surface area contributed by atoms with Crippen molar-refractivity contribution < 1.29 is 0 Å². The maximum Gasteiger partial charge on any atom is 0.0794 e. The zero-order valence-electron chi connectivity index (χ0n) is 10.4. The van der Waals surface area contributed by atoms with E-state index in [1.807, 2.05) is 11.7 Å². The topological polar surface area (TPSA) is 24.9 Å². The molecule has 0 radical (unpaired) electrons. The predicted octanol–water partition coefficient (Wildman–Crippen LogP) is 4.03. The Hall–Kier alpha value is -0.460. The number of aromatic nitrogens is 1. The van der Waals surface area contributed by atoms with Crippen molar-refractivity contribution in [3.63, 3.8) is 0 Å². The molecule has 0 saturated carbocycles. The van der Waals surface area contributed by atoms with Crippen molar-refractivity contribution in [1.82, 2.24) is 10.3 Å². The molecule has 1 N–H and O–H groups in total. The molecule has 1 aromatic heterocycles. The molecule has 2 rings (SSSR count). The Balaban J connectivity index is 2.11. The summed E-state index contributed by atoms with van der Waals surface area (Å²) < 4.78 is 1.28. The van der Waals surface area contributed by atoms with Gasteiger partial charge in [-0.25, -0.2) is 0 Å². The maximum atomic E-state index is 4.15. The van der Waals surface area contributed by atoms with Gasteiger partial charge in [-0.15, -0.1) is 11.3 Å². The molecule has 0 aliphatic rings. The zero-order chi connectivity index (χ0) is 12.8. The minimum atomic E-state index is 0.391. The highest BCUT2D eigenvalue weighted by Gasteiger charge is 2.12. The summed E-state index contributed by atoms with van der Waals surface area (Å²) >= 11 is 4.07. The van der Waals surface area contributed by atoms with Crippen LogP contribution in [0.3, 0.4) is 0 Å². The average molecular weight is 372 g/mol. The van der Waals surface area contributed by atoms with E-state index in [0.29, 0.717) is 6.04 Å². The Morgan fingerprint density at radius 1 is 1.33 bits per heavy atom. The maximum absolute atomic E-state index is 4.15. The van der Waals surface area contributed by atoms with Crippen molar-refractivity contribution in [3.05, 3.63) is 50.0 Å². The van der Waals surface area contributed by atoms with E-state index in [-0.39, 0.29) is 0 Å². The molecule has 1 aromatic carbocycles. The van der Waals surface area contributed by atoms with E-state index in [1.165, 1.54) is 14.0 Å². The van der Waals surface area contributed by atoms with Crippen LogP contribution in [-0.4, -0.2) is 11.5 Å². The normalized spacial score (nSPS) is 12.6. The van der Waals surface area contributed by atoms with E-state index in [2.05, 4.69) is 64.1 Å². The predicted molar refractivity (Wildman–Crippen MR) is 86.0 cm³/mol. The Kier molecular flexibility index (Phi) is 5.59. The van der Waals surface area contributed by atoms with Crippen LogP contribution in [0.4, 0.5) is 0 Å². The number of halogens is 1. The van der Waals surface area contributed by atoms with E-state index in [0.717, 1.165) is 19.4 Å². The second kappa shape index (κ2) is 7.21. The molecule has 0 fully saturated rings. The van der Waals surface area contributed by atoms with Crippen LogP contribution in [-0.2, 0) is 6.42 Å². The van der Waals surface area contributed by atoms with Crippen LogP contribution in [0, 0.1) is 3.57 Å². The fraction of sp³-hybridized carbons (Fsp3) is 0.357. The third kappa shape index (κ3) is 4.03. The molecule has 0 saturated heterocycles. The highest BCUT2D eigenvalue weighted by atomic mass is 127. The van der Waals surface area contributed by atoms with Crippen molar-refractivity contribution in [1.29, 1.82) is 0 Å². The number of thiazole rings is 1. The molecule has 0 spiro atoms. The van der Waals surface area contributed by atoms with Gasteiger partial charge in [-0.2, -0.15) is 0 Å². The number of hydrogen-bond donors (Lipinski definition) is 1. The monoisotopic (exact) mass is 372 g/mol. The Labute approximate surface area is 126 Å². The zero-order valence-corrected chi connectivity index (χ0v) is 13.4. The first-order valence-electron chi connectivity index (χ1n) is 6.16. The van der Waals surface area contributed by atoms with Crippen molar-refractivity contribution in [2.45, 2.75) is 25.8 Å². The van der Waals surface area contributed by atoms with Crippen LogP contribution >= 0.6 is 33.9 Å². The lowest BCUT2D eigenvalue weighted by Gasteiger charge is -2.18. The molecular formula is C14H17IN2S. The van der Waals surface area contributed by atoms with Gasteiger partial charge in [-0.05, 0) is 53.3 Å². The van der Waals surface area contributed by atoms with E-state index in [1.54, 1.807) is 11.3 Å². The molecule has 1 atom stereocenters. The van der Waals surface area contributed by atoms with Gasteiger partial charge in [0.15, 0.2) is 0 Å². The molecule has 1 heterocycles. The smallest absolute Gasteiger partial charge is 0.0794 e. The summed E-state index contributed by atoms with van der Waals surface area (Å²) in [5.41, 5.74) is 3.26. The number of nitrogens with one attached hydrogen (secondary N) is 1. The van der Waals surface area contributed by atoms with Crippen molar-refractivity contribution in [2.75, 3.05) is 6.54 Å². The summed E-state index contributed by atoms with van der Waals surface area (Å²) in [6.45, 7) is 3.25. The summed E-state index contributed by atoms with van der Waals surface area (Å²) in [6, 6.07) is 9.17. The van der Waals surface area contributed by atoms with E-state index < -0.39 is 0 Å². The van der Waals surface area contributed by atoms with Gasteiger partial charge < -0.3 is 5.32 Å². The fourth-order valence-electron chi connectivity index (χ4n) is 1.87. The molecule has 2 nitrogen and oxygen atoms in total. The Bertz CT molecular complexity index is 453. The first-order chi connectivity index (χ1) is 8.79. The molecule has 1 unspecified atom stereocenters. The molecule has 0 aliphatic carbocycles. The number of benzene rings is 1. The van der Waals surface area contributed by atoms with Gasteiger partial charge in [0, 0.05) is 27.1 Å². The summed E-state index contributed by atoms with van der Waals surface area (Å²) in [5, 5.41) is 3.62. The standard InChI is InChI=1S/C14H17IN2S/c1-2-7-17-14(8-13-9-16-10-18-13)11-3-5-12(15)6-4-11/h3-6,9-10,14,17H,2,7-8H2,1H3. The minimum absolute atomic E-state index is 0.391. The Morgan fingerprint density at radius 3 is 2.72 bits per heavy atom. The minimum Gasteiger partial charge on any atom is -0.310 e. The average Bonchev–Trinajstić information content (AvgIpc) is 2.88. The van der Waals surface area contributed by atoms with Gasteiger partial charge in [-0.1, -0.05) is 19.1 Å². The second-order valence-electron chi connectivity index (χ2n) is 4.23. The second-order valence-corrected chi connectivity index (χ2v) is 6.45. The van der Waals surface area contributed by atoms with Crippen molar-refractivity contribution >= 4 is 33.9 Å². The highest BCUT2D eigenvalue weighted by Crippen LogP contribution is 2.21. The summed E-state index contributed by atoms with van der Waals surface area (Å²) in [7, 11) is 0. The summed E-state index contributed by atoms with van der Waals surface area (Å²) in [4.78, 5) is 5.49. The molecule has 4 heteroatoms. The molecule has 96 valence electrons. The third-order valence-electron chi connectivity index (χ3n) is 2.80. The summed E-state index contributed by atoms with van der Waals surface area (Å²) in [5.74, 6) is 0. The molecular weight excluding hydrogens is 355 g/mol. The third-order valence-corrected chi connectivity index (χ3v) is 4.32. The number of nitrogens with zero attached hydrogens (tertiary/aromatic N) is 1. The van der Waals surface area contributed by atoms with Crippen LogP contribution < -0.4 is 5.32 Å². The first kappa shape index (κ1) is 14.0.